The highest BCUT2D eigenvalue weighted by atomic mass is 35.5. The third kappa shape index (κ3) is 4.75. The summed E-state index contributed by atoms with van der Waals surface area (Å²) < 4.78 is 5.53. The van der Waals surface area contributed by atoms with Gasteiger partial charge in [-0.3, -0.25) is 9.59 Å². The van der Waals surface area contributed by atoms with Crippen molar-refractivity contribution in [3.8, 4) is 0 Å². The largest absolute Gasteiger partial charge is 0.368 e. The molecule has 1 aliphatic heterocycles. The molecule has 1 aromatic carbocycles. The van der Waals surface area contributed by atoms with E-state index in [9.17, 15) is 9.59 Å². The first-order valence-corrected chi connectivity index (χ1v) is 9.11. The number of methoxy groups -OCH3 is 1. The molecule has 144 valence electrons. The van der Waals surface area contributed by atoms with Crippen molar-refractivity contribution in [2.75, 3.05) is 25.5 Å². The lowest BCUT2D eigenvalue weighted by Gasteiger charge is -2.34. The van der Waals surface area contributed by atoms with Crippen LogP contribution in [0.5, 0.6) is 0 Å². The Morgan fingerprint density at radius 3 is 2.31 bits per heavy atom. The molecule has 0 spiro atoms. The van der Waals surface area contributed by atoms with Crippen molar-refractivity contribution in [3.63, 3.8) is 0 Å². The number of nitrogens with one attached hydrogen (secondary N) is 3. The lowest BCUT2D eigenvalue weighted by Crippen LogP contribution is -2.51. The first kappa shape index (κ1) is 20.7. The number of anilines is 1. The zero-order chi connectivity index (χ0) is 17.7. The van der Waals surface area contributed by atoms with Crippen LogP contribution < -0.4 is 16.0 Å². The molecule has 3 N–H and O–H groups in total. The van der Waals surface area contributed by atoms with Crippen LogP contribution in [0.1, 0.15) is 48.9 Å². The normalized spacial score (nSPS) is 19.4. The topological polar surface area (TPSA) is 79.5 Å². The zero-order valence-electron chi connectivity index (χ0n) is 15.2. The van der Waals surface area contributed by atoms with E-state index in [2.05, 4.69) is 16.0 Å². The van der Waals surface area contributed by atoms with Crippen molar-refractivity contribution in [1.29, 1.82) is 0 Å². The number of carbonyl (C=O) groups is 2. The Hall–Kier alpha value is -1.63. The number of rotatable bonds is 5. The minimum absolute atomic E-state index is 0. The van der Waals surface area contributed by atoms with E-state index in [1.165, 1.54) is 12.8 Å². The van der Waals surface area contributed by atoms with Crippen molar-refractivity contribution in [2.24, 2.45) is 0 Å². The van der Waals surface area contributed by atoms with Crippen LogP contribution in [0.2, 0.25) is 0 Å². The summed E-state index contributed by atoms with van der Waals surface area (Å²) in [5, 5.41) is 9.23. The van der Waals surface area contributed by atoms with Crippen molar-refractivity contribution < 1.29 is 14.3 Å². The summed E-state index contributed by atoms with van der Waals surface area (Å²) in [4.78, 5) is 24.9. The molecule has 0 bridgehead atoms. The fourth-order valence-corrected chi connectivity index (χ4v) is 3.64. The number of ether oxygens (including phenoxy) is 1. The minimum Gasteiger partial charge on any atom is -0.368 e. The third-order valence-corrected chi connectivity index (χ3v) is 5.31. The van der Waals surface area contributed by atoms with E-state index in [0.29, 0.717) is 30.1 Å². The lowest BCUT2D eigenvalue weighted by atomic mass is 9.91. The highest BCUT2D eigenvalue weighted by Crippen LogP contribution is 2.25. The van der Waals surface area contributed by atoms with E-state index in [4.69, 9.17) is 4.74 Å². The van der Waals surface area contributed by atoms with E-state index >= 15 is 0 Å². The van der Waals surface area contributed by atoms with Crippen LogP contribution in [0.3, 0.4) is 0 Å². The van der Waals surface area contributed by atoms with Crippen molar-refractivity contribution >= 4 is 29.9 Å². The molecule has 7 heteroatoms. The predicted molar refractivity (Wildman–Crippen MR) is 104 cm³/mol. The number of benzene rings is 1. The molecule has 0 atom stereocenters. The first-order chi connectivity index (χ1) is 12.1. The number of amides is 2. The van der Waals surface area contributed by atoms with Gasteiger partial charge >= 0.3 is 0 Å². The van der Waals surface area contributed by atoms with Crippen LogP contribution >= 0.6 is 12.4 Å². The molecule has 3 rings (SSSR count). The molecule has 1 saturated heterocycles. The molecule has 1 heterocycles. The van der Waals surface area contributed by atoms with Crippen molar-refractivity contribution in [3.05, 3.63) is 29.8 Å². The van der Waals surface area contributed by atoms with E-state index in [-0.39, 0.29) is 24.2 Å². The van der Waals surface area contributed by atoms with Crippen LogP contribution in [0.25, 0.3) is 0 Å². The number of piperidine rings is 1. The Morgan fingerprint density at radius 2 is 1.73 bits per heavy atom. The molecule has 6 nitrogen and oxygen atoms in total. The summed E-state index contributed by atoms with van der Waals surface area (Å²) in [7, 11) is 1.58. The van der Waals surface area contributed by atoms with Gasteiger partial charge in [0.25, 0.3) is 11.8 Å². The maximum Gasteiger partial charge on any atom is 0.256 e. The smallest absolute Gasteiger partial charge is 0.256 e. The van der Waals surface area contributed by atoms with Gasteiger partial charge < -0.3 is 20.7 Å². The van der Waals surface area contributed by atoms with Crippen LogP contribution in [-0.2, 0) is 9.53 Å². The number of hydrogen-bond donors (Lipinski definition) is 3. The lowest BCUT2D eigenvalue weighted by molar-refractivity contribution is -0.140. The summed E-state index contributed by atoms with van der Waals surface area (Å²) in [6.45, 7) is 1.53. The Morgan fingerprint density at radius 1 is 1.12 bits per heavy atom. The van der Waals surface area contributed by atoms with Gasteiger partial charge in [0.2, 0.25) is 0 Å². The van der Waals surface area contributed by atoms with Crippen LogP contribution in [0, 0.1) is 0 Å². The van der Waals surface area contributed by atoms with Gasteiger partial charge in [-0.2, -0.15) is 0 Å². The second-order valence-electron chi connectivity index (χ2n) is 6.93. The standard InChI is InChI=1S/C19H27N3O3.ClH/c1-25-19(10-12-20-13-11-19)18(24)22-16-8-6-14(7-9-16)17(23)21-15-4-2-3-5-15;/h6-9,15,20H,2-5,10-13H2,1H3,(H,21,23)(H,22,24);1H. The Bertz CT molecular complexity index is 609. The van der Waals surface area contributed by atoms with Gasteiger partial charge in [0.05, 0.1) is 0 Å². The van der Waals surface area contributed by atoms with Gasteiger partial charge in [0, 0.05) is 24.4 Å². The molecule has 26 heavy (non-hydrogen) atoms. The molecule has 0 radical (unpaired) electrons. The van der Waals surface area contributed by atoms with Gasteiger partial charge in [-0.25, -0.2) is 0 Å². The quantitative estimate of drug-likeness (QED) is 0.732. The average Bonchev–Trinajstić information content (AvgIpc) is 3.15. The Kier molecular flexibility index (Phi) is 7.43. The van der Waals surface area contributed by atoms with Crippen LogP contribution in [0.4, 0.5) is 5.69 Å². The SMILES string of the molecule is COC1(C(=O)Nc2ccc(C(=O)NC3CCCC3)cc2)CCNCC1.Cl. The van der Waals surface area contributed by atoms with Gasteiger partial charge in [0.15, 0.2) is 0 Å². The monoisotopic (exact) mass is 381 g/mol. The van der Waals surface area contributed by atoms with Gasteiger partial charge in [-0.15, -0.1) is 12.4 Å². The summed E-state index contributed by atoms with van der Waals surface area (Å²) >= 11 is 0. The van der Waals surface area contributed by atoms with E-state index in [1.807, 2.05) is 0 Å². The summed E-state index contributed by atoms with van der Waals surface area (Å²) in [5.41, 5.74) is 0.523. The van der Waals surface area contributed by atoms with E-state index < -0.39 is 5.60 Å². The molecule has 0 unspecified atom stereocenters. The maximum absolute atomic E-state index is 12.6. The third-order valence-electron chi connectivity index (χ3n) is 5.31. The van der Waals surface area contributed by atoms with Crippen molar-refractivity contribution in [2.45, 2.75) is 50.2 Å². The molecule has 1 aliphatic carbocycles. The average molecular weight is 382 g/mol. The summed E-state index contributed by atoms with van der Waals surface area (Å²) in [6, 6.07) is 7.34. The second kappa shape index (κ2) is 9.35. The highest BCUT2D eigenvalue weighted by molar-refractivity contribution is 5.98. The van der Waals surface area contributed by atoms with Gasteiger partial charge in [-0.05, 0) is 63.0 Å². The van der Waals surface area contributed by atoms with Crippen LogP contribution in [-0.4, -0.2) is 43.7 Å². The molecular weight excluding hydrogens is 354 g/mol. The predicted octanol–water partition coefficient (Wildman–Crippen LogP) is 2.49. The van der Waals surface area contributed by atoms with Gasteiger partial charge in [0.1, 0.15) is 5.60 Å². The number of hydrogen-bond acceptors (Lipinski definition) is 4. The van der Waals surface area contributed by atoms with Crippen LogP contribution in [0.15, 0.2) is 24.3 Å². The summed E-state index contributed by atoms with van der Waals surface area (Å²) in [5.74, 6) is -0.170. The molecule has 2 aliphatic rings. The highest BCUT2D eigenvalue weighted by Gasteiger charge is 2.39. The number of carbonyl (C=O) groups excluding carboxylic acids is 2. The maximum atomic E-state index is 12.6. The molecule has 0 aromatic heterocycles. The Labute approximate surface area is 160 Å². The molecular formula is C19H28ClN3O3. The molecule has 1 saturated carbocycles. The first-order valence-electron chi connectivity index (χ1n) is 9.11. The Balaban J connectivity index is 0.00000243. The second-order valence-corrected chi connectivity index (χ2v) is 6.93. The van der Waals surface area contributed by atoms with Gasteiger partial charge in [-0.1, -0.05) is 12.8 Å². The molecule has 2 amide bonds. The zero-order valence-corrected chi connectivity index (χ0v) is 16.0. The van der Waals surface area contributed by atoms with E-state index in [1.54, 1.807) is 31.4 Å². The minimum atomic E-state index is -0.774. The molecule has 1 aromatic rings. The summed E-state index contributed by atoms with van der Waals surface area (Å²) in [6.07, 6.45) is 5.80. The number of halogens is 1. The fraction of sp³-hybridized carbons (Fsp3) is 0.579. The fourth-order valence-electron chi connectivity index (χ4n) is 3.64. The van der Waals surface area contributed by atoms with E-state index in [0.717, 1.165) is 25.9 Å². The molecule has 2 fully saturated rings. The van der Waals surface area contributed by atoms with Crippen molar-refractivity contribution in [1.82, 2.24) is 10.6 Å².